The molecule has 1 amide bonds. The summed E-state index contributed by atoms with van der Waals surface area (Å²) >= 11 is 0. The van der Waals surface area contributed by atoms with Gasteiger partial charge in [-0.3, -0.25) is 4.90 Å². The monoisotopic (exact) mass is 446 g/mol. The second kappa shape index (κ2) is 8.76. The summed E-state index contributed by atoms with van der Waals surface area (Å²) in [7, 11) is 0. The largest absolute Gasteiger partial charge is 0.344 e. The zero-order valence-corrected chi connectivity index (χ0v) is 18.9. The molecule has 0 spiro atoms. The number of nitrogens with zero attached hydrogens (tertiary/aromatic N) is 4. The predicted octanol–water partition coefficient (Wildman–Crippen LogP) is 5.56. The molecule has 1 fully saturated rings. The molecule has 2 heterocycles. The van der Waals surface area contributed by atoms with Gasteiger partial charge in [-0.05, 0) is 50.9 Å². The summed E-state index contributed by atoms with van der Waals surface area (Å²) in [6.07, 6.45) is 3.35. The van der Waals surface area contributed by atoms with E-state index in [1.54, 1.807) is 18.5 Å². The highest BCUT2D eigenvalue weighted by atomic mass is 16.2. The van der Waals surface area contributed by atoms with Crippen LogP contribution in [0.5, 0.6) is 0 Å². The molecule has 1 saturated heterocycles. The van der Waals surface area contributed by atoms with Crippen molar-refractivity contribution in [1.82, 2.24) is 19.6 Å². The van der Waals surface area contributed by atoms with Gasteiger partial charge in [0.2, 0.25) is 0 Å². The first-order valence-electron chi connectivity index (χ1n) is 11.8. The number of benzene rings is 4. The predicted molar refractivity (Wildman–Crippen MR) is 136 cm³/mol. The lowest BCUT2D eigenvalue weighted by molar-refractivity contribution is 0.119. The minimum Gasteiger partial charge on any atom is -0.320 e. The standard InChI is InChI=1S/C29H26N4O/c34-29(33-15-5-14-30-33)32-18-16-31(17-19-32)28(26-12-10-22-6-1-3-8-24(22)20-26)27-13-11-23-7-2-4-9-25(23)21-27/h1-15,20-21,28H,16-19H2. The first-order chi connectivity index (χ1) is 16.8. The van der Waals surface area contributed by atoms with Crippen molar-refractivity contribution in [2.45, 2.75) is 6.04 Å². The topological polar surface area (TPSA) is 41.4 Å². The number of amides is 1. The van der Waals surface area contributed by atoms with E-state index in [1.807, 2.05) is 4.90 Å². The lowest BCUT2D eigenvalue weighted by atomic mass is 9.93. The van der Waals surface area contributed by atoms with Crippen LogP contribution in [0, 0.1) is 0 Å². The number of aromatic nitrogens is 2. The average molecular weight is 447 g/mol. The van der Waals surface area contributed by atoms with Crippen molar-refractivity contribution in [3.05, 3.63) is 115 Å². The van der Waals surface area contributed by atoms with Crippen LogP contribution >= 0.6 is 0 Å². The van der Waals surface area contributed by atoms with Crippen LogP contribution in [0.15, 0.2) is 103 Å². The zero-order chi connectivity index (χ0) is 22.9. The molecular formula is C29H26N4O. The SMILES string of the molecule is O=C(N1CCN(C(c2ccc3ccccc3c2)c2ccc3ccccc3c2)CC1)n1cccn1. The summed E-state index contributed by atoms with van der Waals surface area (Å²) in [4.78, 5) is 17.2. The van der Waals surface area contributed by atoms with Crippen LogP contribution in [0.1, 0.15) is 17.2 Å². The van der Waals surface area contributed by atoms with Crippen LogP contribution in [0.25, 0.3) is 21.5 Å². The van der Waals surface area contributed by atoms with Gasteiger partial charge in [0.05, 0.1) is 6.04 Å². The second-order valence-electron chi connectivity index (χ2n) is 8.87. The molecule has 34 heavy (non-hydrogen) atoms. The fraction of sp³-hybridized carbons (Fsp3) is 0.172. The molecule has 1 aromatic heterocycles. The normalized spacial score (nSPS) is 14.8. The van der Waals surface area contributed by atoms with E-state index in [9.17, 15) is 4.79 Å². The number of piperazine rings is 1. The number of hydrogen-bond acceptors (Lipinski definition) is 3. The maximum atomic E-state index is 12.8. The average Bonchev–Trinajstić information content (AvgIpc) is 3.44. The van der Waals surface area contributed by atoms with E-state index in [4.69, 9.17) is 0 Å². The van der Waals surface area contributed by atoms with Crippen molar-refractivity contribution in [3.8, 4) is 0 Å². The van der Waals surface area contributed by atoms with E-state index in [1.165, 1.54) is 37.4 Å². The van der Waals surface area contributed by atoms with Crippen molar-refractivity contribution in [1.29, 1.82) is 0 Å². The smallest absolute Gasteiger partial charge is 0.320 e. The molecule has 0 bridgehead atoms. The third-order valence-electron chi connectivity index (χ3n) is 6.83. The van der Waals surface area contributed by atoms with Crippen LogP contribution in [0.2, 0.25) is 0 Å². The summed E-state index contributed by atoms with van der Waals surface area (Å²) < 4.78 is 1.42. The molecule has 0 N–H and O–H groups in total. The third kappa shape index (κ3) is 3.84. The van der Waals surface area contributed by atoms with Crippen molar-refractivity contribution in [2.24, 2.45) is 0 Å². The molecule has 0 radical (unpaired) electrons. The maximum absolute atomic E-state index is 12.8. The van der Waals surface area contributed by atoms with Crippen LogP contribution in [-0.4, -0.2) is 51.8 Å². The third-order valence-corrected chi connectivity index (χ3v) is 6.83. The molecule has 168 valence electrons. The van der Waals surface area contributed by atoms with Gasteiger partial charge in [0.25, 0.3) is 0 Å². The lowest BCUT2D eigenvalue weighted by Gasteiger charge is -2.39. The van der Waals surface area contributed by atoms with E-state index in [0.717, 1.165) is 13.1 Å². The van der Waals surface area contributed by atoms with Crippen LogP contribution in [0.4, 0.5) is 4.79 Å². The van der Waals surface area contributed by atoms with Crippen molar-refractivity contribution < 1.29 is 4.79 Å². The van der Waals surface area contributed by atoms with Gasteiger partial charge in [-0.2, -0.15) is 9.78 Å². The van der Waals surface area contributed by atoms with E-state index in [2.05, 4.69) is 94.9 Å². The molecule has 4 aromatic carbocycles. The minimum absolute atomic E-state index is 0.0578. The fourth-order valence-corrected chi connectivity index (χ4v) is 5.07. The molecule has 6 rings (SSSR count). The summed E-state index contributed by atoms with van der Waals surface area (Å²) in [5.41, 5.74) is 2.56. The highest BCUT2D eigenvalue weighted by Crippen LogP contribution is 2.33. The van der Waals surface area contributed by atoms with Gasteiger partial charge in [0, 0.05) is 38.6 Å². The van der Waals surface area contributed by atoms with E-state index in [0.29, 0.717) is 13.1 Å². The lowest BCUT2D eigenvalue weighted by Crippen LogP contribution is -2.51. The number of rotatable bonds is 3. The Morgan fingerprint density at radius 2 is 1.24 bits per heavy atom. The molecule has 5 aromatic rings. The Labute approximate surface area is 198 Å². The van der Waals surface area contributed by atoms with Crippen LogP contribution in [-0.2, 0) is 0 Å². The van der Waals surface area contributed by atoms with Gasteiger partial charge in [-0.1, -0.05) is 72.8 Å². The highest BCUT2D eigenvalue weighted by molar-refractivity contribution is 5.84. The number of carbonyl (C=O) groups excluding carboxylic acids is 1. The van der Waals surface area contributed by atoms with Crippen molar-refractivity contribution >= 4 is 27.6 Å². The van der Waals surface area contributed by atoms with Crippen LogP contribution in [0.3, 0.4) is 0 Å². The highest BCUT2D eigenvalue weighted by Gasteiger charge is 2.29. The minimum atomic E-state index is -0.0578. The van der Waals surface area contributed by atoms with E-state index < -0.39 is 0 Å². The second-order valence-corrected chi connectivity index (χ2v) is 8.87. The van der Waals surface area contributed by atoms with E-state index >= 15 is 0 Å². The summed E-state index contributed by atoms with van der Waals surface area (Å²) in [5.74, 6) is 0. The Hall–Kier alpha value is -3.96. The Morgan fingerprint density at radius 1 is 0.676 bits per heavy atom. The molecule has 5 heteroatoms. The first kappa shape index (κ1) is 20.6. The van der Waals surface area contributed by atoms with E-state index in [-0.39, 0.29) is 12.1 Å². The van der Waals surface area contributed by atoms with Crippen molar-refractivity contribution in [3.63, 3.8) is 0 Å². The van der Waals surface area contributed by atoms with Gasteiger partial charge >= 0.3 is 6.03 Å². The zero-order valence-electron chi connectivity index (χ0n) is 18.9. The van der Waals surface area contributed by atoms with Gasteiger partial charge in [-0.25, -0.2) is 4.79 Å². The molecule has 1 aliphatic heterocycles. The molecule has 0 saturated carbocycles. The number of carbonyl (C=O) groups is 1. The Balaban J connectivity index is 1.35. The molecule has 1 aliphatic rings. The Morgan fingerprint density at radius 3 is 1.76 bits per heavy atom. The number of fused-ring (bicyclic) bond motifs is 2. The fourth-order valence-electron chi connectivity index (χ4n) is 5.07. The summed E-state index contributed by atoms with van der Waals surface area (Å²) in [6, 6.07) is 32.4. The Kier molecular flexibility index (Phi) is 5.32. The summed E-state index contributed by atoms with van der Waals surface area (Å²) in [6.45, 7) is 2.96. The van der Waals surface area contributed by atoms with Gasteiger partial charge in [-0.15, -0.1) is 0 Å². The molecular weight excluding hydrogens is 420 g/mol. The van der Waals surface area contributed by atoms with Gasteiger partial charge in [0.15, 0.2) is 0 Å². The van der Waals surface area contributed by atoms with Gasteiger partial charge < -0.3 is 4.90 Å². The van der Waals surface area contributed by atoms with Gasteiger partial charge in [0.1, 0.15) is 0 Å². The quantitative estimate of drug-likeness (QED) is 0.364. The first-order valence-corrected chi connectivity index (χ1v) is 11.8. The van der Waals surface area contributed by atoms with Crippen LogP contribution < -0.4 is 0 Å². The number of hydrogen-bond donors (Lipinski definition) is 0. The maximum Gasteiger partial charge on any atom is 0.344 e. The van der Waals surface area contributed by atoms with Crippen molar-refractivity contribution in [2.75, 3.05) is 26.2 Å². The molecule has 0 aliphatic carbocycles. The molecule has 0 unspecified atom stereocenters. The Bertz CT molecular complexity index is 1370. The molecule has 5 nitrogen and oxygen atoms in total. The summed E-state index contributed by atoms with van der Waals surface area (Å²) in [5, 5.41) is 9.10. The molecule has 0 atom stereocenters.